The summed E-state index contributed by atoms with van der Waals surface area (Å²) in [5, 5.41) is 2.61. The molecule has 0 radical (unpaired) electrons. The van der Waals surface area contributed by atoms with E-state index in [4.69, 9.17) is 0 Å². The first-order chi connectivity index (χ1) is 15.9. The predicted octanol–water partition coefficient (Wildman–Crippen LogP) is -0.800. The summed E-state index contributed by atoms with van der Waals surface area (Å²) in [4.78, 5) is 62.7. The van der Waals surface area contributed by atoms with Gasteiger partial charge in [0.25, 0.3) is 5.56 Å². The number of halogens is 1. The fourth-order valence-electron chi connectivity index (χ4n) is 4.24. The highest BCUT2D eigenvalue weighted by Gasteiger charge is 2.23. The number of anilines is 1. The van der Waals surface area contributed by atoms with Gasteiger partial charge in [-0.05, 0) is 25.7 Å². The molecule has 0 unspecified atom stereocenters. The minimum Gasteiger partial charge on any atom is -0.347 e. The molecular weight excluding hydrogens is 433 g/mol. The van der Waals surface area contributed by atoms with Gasteiger partial charge in [-0.15, -0.1) is 0 Å². The summed E-state index contributed by atoms with van der Waals surface area (Å²) in [5.41, 5.74) is 0.489. The lowest BCUT2D eigenvalue weighted by molar-refractivity contribution is -0.133. The molecule has 2 N–H and O–H groups in total. The van der Waals surface area contributed by atoms with E-state index in [0.29, 0.717) is 56.2 Å². The number of H-pyrrole nitrogens is 1. The van der Waals surface area contributed by atoms with E-state index < -0.39 is 11.5 Å². The van der Waals surface area contributed by atoms with Gasteiger partial charge in [0.1, 0.15) is 0 Å². The van der Waals surface area contributed by atoms with E-state index in [-0.39, 0.29) is 36.9 Å². The van der Waals surface area contributed by atoms with Crippen LogP contribution in [0.5, 0.6) is 0 Å². The smallest absolute Gasteiger partial charge is 0.328 e. The Morgan fingerprint density at radius 1 is 1.06 bits per heavy atom. The molecule has 0 bridgehead atoms. The lowest BCUT2D eigenvalue weighted by atomic mass is 9.97. The third kappa shape index (κ3) is 5.26. The van der Waals surface area contributed by atoms with Gasteiger partial charge >= 0.3 is 5.69 Å². The molecule has 0 atom stereocenters. The molecule has 176 valence electrons. The molecule has 11 nitrogen and oxygen atoms in total. The van der Waals surface area contributed by atoms with Crippen molar-refractivity contribution in [3.8, 4) is 0 Å². The summed E-state index contributed by atoms with van der Waals surface area (Å²) in [5.74, 6) is -0.643. The van der Waals surface area contributed by atoms with Crippen LogP contribution in [0.1, 0.15) is 30.5 Å². The summed E-state index contributed by atoms with van der Waals surface area (Å²) < 4.78 is 14.4. The molecule has 2 aromatic heterocycles. The van der Waals surface area contributed by atoms with Crippen LogP contribution in [0.25, 0.3) is 0 Å². The average Bonchev–Trinajstić information content (AvgIpc) is 2.83. The molecule has 1 aliphatic carbocycles. The molecule has 1 saturated heterocycles. The molecule has 2 aliphatic rings. The van der Waals surface area contributed by atoms with Crippen molar-refractivity contribution in [3.63, 3.8) is 0 Å². The maximum atomic E-state index is 13.0. The summed E-state index contributed by atoms with van der Waals surface area (Å²) in [6.45, 7) is 1.90. The molecule has 2 aromatic rings. The molecule has 0 aromatic carbocycles. The van der Waals surface area contributed by atoms with Gasteiger partial charge in [0.2, 0.25) is 17.8 Å². The van der Waals surface area contributed by atoms with Crippen LogP contribution in [0.15, 0.2) is 22.0 Å². The topological polar surface area (TPSA) is 133 Å². The van der Waals surface area contributed by atoms with Crippen LogP contribution in [-0.4, -0.2) is 69.0 Å². The van der Waals surface area contributed by atoms with Crippen LogP contribution in [0.4, 0.5) is 10.3 Å². The second-order valence-electron chi connectivity index (χ2n) is 8.14. The van der Waals surface area contributed by atoms with Crippen molar-refractivity contribution >= 4 is 17.8 Å². The minimum absolute atomic E-state index is 0.0291. The number of aromatic amines is 1. The van der Waals surface area contributed by atoms with Gasteiger partial charge in [-0.1, -0.05) is 0 Å². The molecule has 2 amide bonds. The maximum absolute atomic E-state index is 13.0. The fraction of sp³-hybridized carbons (Fsp3) is 0.524. The number of aromatic nitrogens is 4. The Labute approximate surface area is 188 Å². The summed E-state index contributed by atoms with van der Waals surface area (Å²) in [6, 6.07) is 0. The number of hydrogen-bond acceptors (Lipinski definition) is 7. The summed E-state index contributed by atoms with van der Waals surface area (Å²) in [7, 11) is 0. The van der Waals surface area contributed by atoms with Gasteiger partial charge in [0.15, 0.2) is 5.82 Å². The van der Waals surface area contributed by atoms with Crippen LogP contribution in [-0.2, 0) is 29.0 Å². The Morgan fingerprint density at radius 3 is 2.48 bits per heavy atom. The zero-order chi connectivity index (χ0) is 23.4. The van der Waals surface area contributed by atoms with Gasteiger partial charge < -0.3 is 15.1 Å². The molecule has 0 saturated carbocycles. The third-order valence-electron chi connectivity index (χ3n) is 6.03. The number of rotatable bonds is 6. The van der Waals surface area contributed by atoms with Crippen molar-refractivity contribution in [1.82, 2.24) is 29.7 Å². The number of amides is 2. The number of carbonyl (C=O) groups is 2. The minimum atomic E-state index is -0.507. The molecule has 33 heavy (non-hydrogen) atoms. The molecule has 4 rings (SSSR count). The molecule has 1 fully saturated rings. The van der Waals surface area contributed by atoms with Crippen molar-refractivity contribution in [3.05, 3.63) is 50.3 Å². The second kappa shape index (κ2) is 9.92. The lowest BCUT2D eigenvalue weighted by Crippen LogP contribution is -2.51. The van der Waals surface area contributed by atoms with E-state index in [9.17, 15) is 23.6 Å². The second-order valence-corrected chi connectivity index (χ2v) is 8.14. The highest BCUT2D eigenvalue weighted by Crippen LogP contribution is 2.16. The number of piperazine rings is 1. The maximum Gasteiger partial charge on any atom is 0.328 e. The molecule has 1 aliphatic heterocycles. The molecule has 12 heteroatoms. The monoisotopic (exact) mass is 459 g/mol. The Bertz CT molecular complexity index is 1140. The van der Waals surface area contributed by atoms with Crippen molar-refractivity contribution in [2.45, 2.75) is 38.6 Å². The third-order valence-corrected chi connectivity index (χ3v) is 6.03. The van der Waals surface area contributed by atoms with E-state index >= 15 is 0 Å². The number of nitrogens with one attached hydrogen (secondary N) is 2. The van der Waals surface area contributed by atoms with Crippen LogP contribution >= 0.6 is 0 Å². The zero-order valence-electron chi connectivity index (χ0n) is 18.2. The number of nitrogens with zero attached hydrogens (tertiary/aromatic N) is 5. The van der Waals surface area contributed by atoms with Crippen LogP contribution < -0.4 is 21.5 Å². The Balaban J connectivity index is 1.24. The molecule has 3 heterocycles. The lowest BCUT2D eigenvalue weighted by Gasteiger charge is -2.34. The predicted molar refractivity (Wildman–Crippen MR) is 116 cm³/mol. The highest BCUT2D eigenvalue weighted by molar-refractivity contribution is 5.84. The largest absolute Gasteiger partial charge is 0.347 e. The quantitative estimate of drug-likeness (QED) is 0.578. The first kappa shape index (κ1) is 22.6. The van der Waals surface area contributed by atoms with Crippen LogP contribution in [0, 0.1) is 5.82 Å². The average molecular weight is 459 g/mol. The van der Waals surface area contributed by atoms with Gasteiger partial charge in [-0.25, -0.2) is 19.2 Å². The van der Waals surface area contributed by atoms with E-state index in [2.05, 4.69) is 20.3 Å². The summed E-state index contributed by atoms with van der Waals surface area (Å²) in [6.07, 6.45) is 5.31. The van der Waals surface area contributed by atoms with Crippen molar-refractivity contribution in [1.29, 1.82) is 0 Å². The first-order valence-corrected chi connectivity index (χ1v) is 11.0. The van der Waals surface area contributed by atoms with Crippen molar-refractivity contribution < 1.29 is 14.0 Å². The Hall–Kier alpha value is -3.57. The van der Waals surface area contributed by atoms with E-state index in [1.807, 2.05) is 4.90 Å². The van der Waals surface area contributed by atoms with E-state index in [1.165, 1.54) is 4.57 Å². The highest BCUT2D eigenvalue weighted by atomic mass is 19.1. The molecular formula is C21H26FN7O4. The fourth-order valence-corrected chi connectivity index (χ4v) is 4.24. The Morgan fingerprint density at radius 2 is 1.76 bits per heavy atom. The van der Waals surface area contributed by atoms with Crippen LogP contribution in [0.3, 0.4) is 0 Å². The van der Waals surface area contributed by atoms with Gasteiger partial charge in [0, 0.05) is 50.4 Å². The van der Waals surface area contributed by atoms with E-state index in [0.717, 1.165) is 25.2 Å². The number of carbonyl (C=O) groups excluding carboxylic acids is 2. The van der Waals surface area contributed by atoms with Gasteiger partial charge in [0.05, 0.1) is 18.9 Å². The number of fused-ring (bicyclic) bond motifs is 1. The first-order valence-electron chi connectivity index (χ1n) is 11.0. The van der Waals surface area contributed by atoms with Crippen molar-refractivity contribution in [2.24, 2.45) is 0 Å². The van der Waals surface area contributed by atoms with Gasteiger partial charge in [-0.2, -0.15) is 0 Å². The van der Waals surface area contributed by atoms with Crippen molar-refractivity contribution in [2.75, 3.05) is 37.6 Å². The normalized spacial score (nSPS) is 15.8. The summed E-state index contributed by atoms with van der Waals surface area (Å²) >= 11 is 0. The zero-order valence-corrected chi connectivity index (χ0v) is 18.2. The van der Waals surface area contributed by atoms with E-state index in [1.54, 1.807) is 4.90 Å². The standard InChI is InChI=1S/C21H26FN7O4/c22-14-11-24-20(25-12-14)28-9-7-27(8-10-28)18(31)13-23-17(30)5-6-29-16-4-2-1-3-15(16)19(32)26-21(29)33/h11-12H,1-10,13H2,(H,23,30)(H,26,32,33). The SMILES string of the molecule is O=C(CCn1c2c(c(=O)[nH]c1=O)CCCC2)NCC(=O)N1CCN(c2ncc(F)cn2)CC1. The Kier molecular flexibility index (Phi) is 6.80. The van der Waals surface area contributed by atoms with Gasteiger partial charge in [-0.3, -0.25) is 23.9 Å². The number of hydrogen-bond donors (Lipinski definition) is 2. The van der Waals surface area contributed by atoms with Crippen LogP contribution in [0.2, 0.25) is 0 Å². The molecule has 0 spiro atoms.